The van der Waals surface area contributed by atoms with Crippen LogP contribution in [0.2, 0.25) is 0 Å². The largest absolute Gasteiger partial charge is 0.377 e. The maximum absolute atomic E-state index is 13.7. The van der Waals surface area contributed by atoms with Crippen molar-refractivity contribution >= 4 is 11.6 Å². The first-order valence-electron chi connectivity index (χ1n) is 7.42. The van der Waals surface area contributed by atoms with Gasteiger partial charge in [0.1, 0.15) is 5.82 Å². The average Bonchev–Trinajstić information content (AvgIpc) is 2.95. The molecule has 0 saturated carbocycles. The van der Waals surface area contributed by atoms with E-state index in [1.807, 2.05) is 13.8 Å². The minimum Gasteiger partial charge on any atom is -0.377 e. The Bertz CT molecular complexity index is 501. The minimum absolute atomic E-state index is 0.0936. The zero-order valence-corrected chi connectivity index (χ0v) is 12.8. The van der Waals surface area contributed by atoms with Crippen molar-refractivity contribution in [1.82, 2.24) is 5.32 Å². The fraction of sp³-hybridized carbons (Fsp3) is 0.562. The highest BCUT2D eigenvalue weighted by atomic mass is 19.1. The Morgan fingerprint density at radius 1 is 1.43 bits per heavy atom. The molecule has 5 heteroatoms. The van der Waals surface area contributed by atoms with E-state index in [2.05, 4.69) is 10.6 Å². The molecule has 1 heterocycles. The van der Waals surface area contributed by atoms with Crippen molar-refractivity contribution in [2.45, 2.75) is 51.8 Å². The van der Waals surface area contributed by atoms with Gasteiger partial charge in [-0.2, -0.15) is 0 Å². The molecular weight excluding hydrogens is 271 g/mol. The van der Waals surface area contributed by atoms with Gasteiger partial charge in [-0.15, -0.1) is 0 Å². The number of amides is 1. The van der Waals surface area contributed by atoms with E-state index < -0.39 is 11.9 Å². The first-order chi connectivity index (χ1) is 9.97. The summed E-state index contributed by atoms with van der Waals surface area (Å²) in [5.74, 6) is -0.662. The third-order valence-electron chi connectivity index (χ3n) is 3.81. The van der Waals surface area contributed by atoms with Crippen molar-refractivity contribution in [2.75, 3.05) is 11.9 Å². The number of aryl methyl sites for hydroxylation is 1. The zero-order valence-electron chi connectivity index (χ0n) is 12.8. The van der Waals surface area contributed by atoms with Crippen LogP contribution in [0.25, 0.3) is 0 Å². The maximum atomic E-state index is 13.7. The Labute approximate surface area is 125 Å². The normalized spacial score (nSPS) is 21.0. The van der Waals surface area contributed by atoms with Gasteiger partial charge in [0, 0.05) is 12.6 Å². The Hall–Kier alpha value is -1.46. The summed E-state index contributed by atoms with van der Waals surface area (Å²) in [6, 6.07) is 4.44. The van der Waals surface area contributed by atoms with Crippen LogP contribution in [-0.4, -0.2) is 30.7 Å². The van der Waals surface area contributed by atoms with E-state index in [9.17, 15) is 9.18 Å². The first kappa shape index (κ1) is 15.9. The number of carbonyl (C=O) groups excluding carboxylic acids is 1. The third kappa shape index (κ3) is 4.25. The number of nitrogens with one attached hydrogen (secondary N) is 2. The van der Waals surface area contributed by atoms with Crippen molar-refractivity contribution < 1.29 is 13.9 Å². The van der Waals surface area contributed by atoms with Crippen molar-refractivity contribution in [3.63, 3.8) is 0 Å². The van der Waals surface area contributed by atoms with Gasteiger partial charge in [-0.05, 0) is 51.3 Å². The lowest BCUT2D eigenvalue weighted by atomic mass is 10.1. The highest BCUT2D eigenvalue weighted by Crippen LogP contribution is 2.17. The summed E-state index contributed by atoms with van der Waals surface area (Å²) in [6.45, 7) is 6.37. The molecule has 2 N–H and O–H groups in total. The number of hydrogen-bond donors (Lipinski definition) is 2. The van der Waals surface area contributed by atoms with Crippen LogP contribution in [0.5, 0.6) is 0 Å². The average molecular weight is 294 g/mol. The minimum atomic E-state index is -0.414. The number of benzene rings is 1. The topological polar surface area (TPSA) is 50.4 Å². The molecule has 0 unspecified atom stereocenters. The molecule has 1 aromatic rings. The molecule has 0 spiro atoms. The number of anilines is 1. The van der Waals surface area contributed by atoms with Gasteiger partial charge in [-0.1, -0.05) is 6.07 Å². The van der Waals surface area contributed by atoms with Crippen LogP contribution in [0.3, 0.4) is 0 Å². The molecule has 116 valence electrons. The molecule has 1 aliphatic rings. The van der Waals surface area contributed by atoms with Crippen LogP contribution in [0.1, 0.15) is 32.3 Å². The predicted octanol–water partition coefficient (Wildman–Crippen LogP) is 2.62. The number of hydrogen-bond acceptors (Lipinski definition) is 3. The molecule has 3 atom stereocenters. The fourth-order valence-corrected chi connectivity index (χ4v) is 2.54. The Morgan fingerprint density at radius 2 is 2.19 bits per heavy atom. The number of rotatable bonds is 5. The second kappa shape index (κ2) is 7.00. The Balaban J connectivity index is 1.89. The van der Waals surface area contributed by atoms with Crippen LogP contribution < -0.4 is 10.6 Å². The molecule has 0 aliphatic carbocycles. The van der Waals surface area contributed by atoms with Gasteiger partial charge in [0.25, 0.3) is 0 Å². The molecular formula is C16H23FN2O2. The number of halogens is 1. The third-order valence-corrected chi connectivity index (χ3v) is 3.81. The Morgan fingerprint density at radius 3 is 2.81 bits per heavy atom. The standard InChI is InChI=1S/C16H23FN2O2/c1-10-6-7-14(13(17)9-10)19-16(20)12(3)18-11(2)15-5-4-8-21-15/h6-7,9,11-12,15,18H,4-5,8H2,1-3H3,(H,19,20)/t11-,12-,15-/m0/s1. The van der Waals surface area contributed by atoms with Gasteiger partial charge in [-0.3, -0.25) is 4.79 Å². The number of carbonyl (C=O) groups is 1. The number of ether oxygens (including phenoxy) is 1. The summed E-state index contributed by atoms with van der Waals surface area (Å²) in [4.78, 5) is 12.1. The Kier molecular flexibility index (Phi) is 5.31. The summed E-state index contributed by atoms with van der Waals surface area (Å²) in [6.07, 6.45) is 2.22. The van der Waals surface area contributed by atoms with Crippen molar-refractivity contribution in [3.05, 3.63) is 29.6 Å². The van der Waals surface area contributed by atoms with Crippen molar-refractivity contribution in [1.29, 1.82) is 0 Å². The van der Waals surface area contributed by atoms with E-state index in [0.29, 0.717) is 0 Å². The lowest BCUT2D eigenvalue weighted by Gasteiger charge is -2.24. The van der Waals surface area contributed by atoms with E-state index >= 15 is 0 Å². The molecule has 2 rings (SSSR count). The SMILES string of the molecule is Cc1ccc(NC(=O)[C@H](C)N[C@@H](C)[C@@H]2CCCO2)c(F)c1. The van der Waals surface area contributed by atoms with Crippen LogP contribution in [0, 0.1) is 12.7 Å². The second-order valence-corrected chi connectivity index (χ2v) is 5.70. The lowest BCUT2D eigenvalue weighted by Crippen LogP contribution is -2.47. The van der Waals surface area contributed by atoms with Gasteiger partial charge in [0.2, 0.25) is 5.91 Å². The summed E-state index contributed by atoms with van der Waals surface area (Å²) in [5.41, 5.74) is 1.03. The van der Waals surface area contributed by atoms with Crippen molar-refractivity contribution in [3.8, 4) is 0 Å². The van der Waals surface area contributed by atoms with Crippen LogP contribution in [0.15, 0.2) is 18.2 Å². The molecule has 1 fully saturated rings. The summed E-state index contributed by atoms with van der Waals surface area (Å²) in [7, 11) is 0. The van der Waals surface area contributed by atoms with Gasteiger partial charge < -0.3 is 15.4 Å². The highest BCUT2D eigenvalue weighted by molar-refractivity contribution is 5.94. The van der Waals surface area contributed by atoms with E-state index in [1.54, 1.807) is 19.1 Å². The van der Waals surface area contributed by atoms with Crippen LogP contribution in [-0.2, 0) is 9.53 Å². The molecule has 0 aromatic heterocycles. The molecule has 4 nitrogen and oxygen atoms in total. The zero-order chi connectivity index (χ0) is 15.4. The quantitative estimate of drug-likeness (QED) is 0.877. The van der Waals surface area contributed by atoms with E-state index in [-0.39, 0.29) is 23.7 Å². The van der Waals surface area contributed by atoms with Gasteiger partial charge in [0.05, 0.1) is 17.8 Å². The first-order valence-corrected chi connectivity index (χ1v) is 7.42. The van der Waals surface area contributed by atoms with Crippen LogP contribution >= 0.6 is 0 Å². The molecule has 1 saturated heterocycles. The lowest BCUT2D eigenvalue weighted by molar-refractivity contribution is -0.118. The van der Waals surface area contributed by atoms with Gasteiger partial charge in [-0.25, -0.2) is 4.39 Å². The molecule has 1 aliphatic heterocycles. The smallest absolute Gasteiger partial charge is 0.241 e. The molecule has 1 amide bonds. The second-order valence-electron chi connectivity index (χ2n) is 5.70. The van der Waals surface area contributed by atoms with Gasteiger partial charge >= 0.3 is 0 Å². The monoisotopic (exact) mass is 294 g/mol. The fourth-order valence-electron chi connectivity index (χ4n) is 2.54. The molecule has 1 aromatic carbocycles. The molecule has 0 radical (unpaired) electrons. The summed E-state index contributed by atoms with van der Waals surface area (Å²) >= 11 is 0. The molecule has 21 heavy (non-hydrogen) atoms. The predicted molar refractivity (Wildman–Crippen MR) is 80.8 cm³/mol. The van der Waals surface area contributed by atoms with Crippen LogP contribution in [0.4, 0.5) is 10.1 Å². The van der Waals surface area contributed by atoms with Gasteiger partial charge in [0.15, 0.2) is 0 Å². The van der Waals surface area contributed by atoms with Crippen molar-refractivity contribution in [2.24, 2.45) is 0 Å². The molecule has 0 bridgehead atoms. The van der Waals surface area contributed by atoms with E-state index in [1.165, 1.54) is 6.07 Å². The summed E-state index contributed by atoms with van der Waals surface area (Å²) in [5, 5.41) is 5.83. The van der Waals surface area contributed by atoms with E-state index in [4.69, 9.17) is 4.74 Å². The highest BCUT2D eigenvalue weighted by Gasteiger charge is 2.25. The summed E-state index contributed by atoms with van der Waals surface area (Å²) < 4.78 is 19.3. The van der Waals surface area contributed by atoms with E-state index in [0.717, 1.165) is 25.0 Å². The maximum Gasteiger partial charge on any atom is 0.241 e.